The van der Waals surface area contributed by atoms with Gasteiger partial charge >= 0.3 is 6.03 Å². The van der Waals surface area contributed by atoms with Crippen molar-refractivity contribution in [2.75, 3.05) is 0 Å². The van der Waals surface area contributed by atoms with Crippen LogP contribution >= 0.6 is 0 Å². The maximum atomic E-state index is 12.6. The molecule has 4 aliphatic carbocycles. The lowest BCUT2D eigenvalue weighted by atomic mass is 9.53. The number of carbonyl (C=O) groups excluding carboxylic acids is 1. The predicted molar refractivity (Wildman–Crippen MR) is 98.2 cm³/mol. The molecular weight excluding hydrogens is 326 g/mol. The van der Waals surface area contributed by atoms with Crippen LogP contribution in [0.25, 0.3) is 11.5 Å². The highest BCUT2D eigenvalue weighted by atomic mass is 16.3. The second kappa shape index (κ2) is 6.15. The average molecular weight is 351 g/mol. The van der Waals surface area contributed by atoms with Crippen LogP contribution in [0.2, 0.25) is 0 Å². The molecule has 0 unspecified atom stereocenters. The van der Waals surface area contributed by atoms with Crippen LogP contribution in [0.3, 0.4) is 0 Å². The third kappa shape index (κ3) is 3.00. The summed E-state index contributed by atoms with van der Waals surface area (Å²) >= 11 is 0. The quantitative estimate of drug-likeness (QED) is 0.871. The Morgan fingerprint density at radius 1 is 1.15 bits per heavy atom. The molecule has 4 aliphatic rings. The van der Waals surface area contributed by atoms with Gasteiger partial charge in [-0.1, -0.05) is 0 Å². The van der Waals surface area contributed by atoms with Crippen molar-refractivity contribution in [1.29, 1.82) is 0 Å². The summed E-state index contributed by atoms with van der Waals surface area (Å²) in [6.45, 7) is 0.494. The number of pyridine rings is 1. The van der Waals surface area contributed by atoms with Crippen molar-refractivity contribution in [2.24, 2.45) is 17.8 Å². The number of nitrogens with one attached hydrogen (secondary N) is 2. The minimum Gasteiger partial charge on any atom is -0.463 e. The largest absolute Gasteiger partial charge is 0.463 e. The number of rotatable bonds is 4. The maximum absolute atomic E-state index is 12.6. The number of urea groups is 1. The van der Waals surface area contributed by atoms with E-state index in [1.54, 1.807) is 12.5 Å². The van der Waals surface area contributed by atoms with Crippen molar-refractivity contribution < 1.29 is 9.21 Å². The molecule has 0 atom stereocenters. The van der Waals surface area contributed by atoms with E-state index in [0.29, 0.717) is 6.54 Å². The normalized spacial score (nSPS) is 31.8. The average Bonchev–Trinajstić information content (AvgIpc) is 3.13. The minimum atomic E-state index is -0.0386. The van der Waals surface area contributed by atoms with Crippen molar-refractivity contribution in [3.05, 3.63) is 42.3 Å². The van der Waals surface area contributed by atoms with Crippen molar-refractivity contribution >= 4 is 6.03 Å². The van der Waals surface area contributed by atoms with Crippen LogP contribution in [0.1, 0.15) is 44.1 Å². The fourth-order valence-corrected chi connectivity index (χ4v) is 5.87. The van der Waals surface area contributed by atoms with E-state index in [2.05, 4.69) is 15.6 Å². The summed E-state index contributed by atoms with van der Waals surface area (Å²) in [6, 6.07) is 7.59. The van der Waals surface area contributed by atoms with Crippen LogP contribution in [-0.4, -0.2) is 16.6 Å². The lowest BCUT2D eigenvalue weighted by Gasteiger charge is -2.56. The highest BCUT2D eigenvalue weighted by molar-refractivity contribution is 5.75. The van der Waals surface area contributed by atoms with Crippen LogP contribution in [0, 0.1) is 17.8 Å². The van der Waals surface area contributed by atoms with E-state index in [4.69, 9.17) is 4.42 Å². The first-order chi connectivity index (χ1) is 12.7. The molecule has 0 radical (unpaired) electrons. The van der Waals surface area contributed by atoms with Crippen LogP contribution in [-0.2, 0) is 6.54 Å². The minimum absolute atomic E-state index is 0.0386. The molecule has 26 heavy (non-hydrogen) atoms. The molecule has 136 valence electrons. The molecule has 0 aromatic carbocycles. The molecule has 0 spiro atoms. The first kappa shape index (κ1) is 15.9. The molecule has 5 heteroatoms. The molecule has 4 fully saturated rings. The topological polar surface area (TPSA) is 67.2 Å². The van der Waals surface area contributed by atoms with Crippen molar-refractivity contribution in [3.63, 3.8) is 0 Å². The molecule has 5 nitrogen and oxygen atoms in total. The van der Waals surface area contributed by atoms with E-state index < -0.39 is 0 Å². The van der Waals surface area contributed by atoms with Gasteiger partial charge in [0.05, 0.1) is 6.26 Å². The number of hydrogen-bond donors (Lipinski definition) is 2. The fraction of sp³-hybridized carbons (Fsp3) is 0.524. The molecule has 2 aromatic heterocycles. The molecule has 4 saturated carbocycles. The number of furan rings is 1. The van der Waals surface area contributed by atoms with Gasteiger partial charge in [0.25, 0.3) is 0 Å². The second-order valence-electron chi connectivity index (χ2n) is 8.53. The zero-order valence-corrected chi connectivity index (χ0v) is 14.9. The van der Waals surface area contributed by atoms with Crippen molar-refractivity contribution in [1.82, 2.24) is 15.6 Å². The lowest BCUT2D eigenvalue weighted by molar-refractivity contribution is -0.0135. The fourth-order valence-electron chi connectivity index (χ4n) is 5.87. The Hall–Kier alpha value is -2.30. The van der Waals surface area contributed by atoms with E-state index in [1.807, 2.05) is 24.3 Å². The lowest BCUT2D eigenvalue weighted by Crippen LogP contribution is -2.61. The monoisotopic (exact) mass is 351 g/mol. The molecule has 0 saturated heterocycles. The van der Waals surface area contributed by atoms with Gasteiger partial charge in [0.2, 0.25) is 0 Å². The third-order valence-electron chi connectivity index (χ3n) is 6.47. The summed E-state index contributed by atoms with van der Waals surface area (Å²) in [5, 5.41) is 6.39. The summed E-state index contributed by atoms with van der Waals surface area (Å²) in [5.41, 5.74) is 1.86. The summed E-state index contributed by atoms with van der Waals surface area (Å²) in [4.78, 5) is 16.9. The van der Waals surface area contributed by atoms with Crippen molar-refractivity contribution in [2.45, 2.75) is 50.6 Å². The van der Waals surface area contributed by atoms with Gasteiger partial charge in [-0.05, 0) is 86.1 Å². The Morgan fingerprint density at radius 3 is 2.54 bits per heavy atom. The van der Waals surface area contributed by atoms with Crippen LogP contribution in [0.5, 0.6) is 0 Å². The predicted octanol–water partition coefficient (Wildman–Crippen LogP) is 4.11. The van der Waals surface area contributed by atoms with E-state index in [-0.39, 0.29) is 11.6 Å². The van der Waals surface area contributed by atoms with Crippen molar-refractivity contribution in [3.8, 4) is 11.5 Å². The first-order valence-electron chi connectivity index (χ1n) is 9.72. The molecular formula is C21H25N3O2. The molecule has 2 aromatic rings. The van der Waals surface area contributed by atoms with E-state index >= 15 is 0 Å². The van der Waals surface area contributed by atoms with Gasteiger partial charge in [-0.2, -0.15) is 0 Å². The third-order valence-corrected chi connectivity index (χ3v) is 6.47. The first-order valence-corrected chi connectivity index (χ1v) is 9.72. The molecule has 2 heterocycles. The number of amides is 2. The van der Waals surface area contributed by atoms with Gasteiger partial charge in [-0.15, -0.1) is 0 Å². The molecule has 6 rings (SSSR count). The van der Waals surface area contributed by atoms with Gasteiger partial charge < -0.3 is 15.1 Å². The Bertz CT molecular complexity index is 764. The molecule has 4 bridgehead atoms. The number of carbonyl (C=O) groups is 1. The zero-order chi connectivity index (χ0) is 17.6. The van der Waals surface area contributed by atoms with E-state index in [1.165, 1.54) is 38.5 Å². The van der Waals surface area contributed by atoms with Gasteiger partial charge in [0, 0.05) is 18.3 Å². The number of hydrogen-bond acceptors (Lipinski definition) is 3. The van der Waals surface area contributed by atoms with E-state index in [9.17, 15) is 4.79 Å². The Labute approximate surface area is 153 Å². The standard InChI is InChI=1S/C21H25N3O2/c25-20(24-21-10-15-6-16(11-21)8-17(7-15)12-21)23-13-14-3-4-22-18(9-14)19-2-1-5-26-19/h1-5,9,15-17H,6-8,10-13H2,(H2,23,24,25). The van der Waals surface area contributed by atoms with E-state index in [0.717, 1.165) is 34.8 Å². The Balaban J connectivity index is 1.21. The SMILES string of the molecule is O=C(NCc1ccnc(-c2ccco2)c1)NC12CC3CC(CC(C3)C1)C2. The Kier molecular flexibility index (Phi) is 3.76. The van der Waals surface area contributed by atoms with Crippen LogP contribution in [0.4, 0.5) is 4.79 Å². The van der Waals surface area contributed by atoms with Crippen LogP contribution in [0.15, 0.2) is 41.1 Å². The molecule has 2 N–H and O–H groups in total. The molecule has 2 amide bonds. The van der Waals surface area contributed by atoms with Crippen LogP contribution < -0.4 is 10.6 Å². The van der Waals surface area contributed by atoms with Gasteiger partial charge in [-0.25, -0.2) is 4.79 Å². The second-order valence-corrected chi connectivity index (χ2v) is 8.53. The summed E-state index contributed by atoms with van der Waals surface area (Å²) < 4.78 is 5.40. The highest BCUT2D eigenvalue weighted by Gasteiger charge is 2.51. The van der Waals surface area contributed by atoms with Gasteiger partial charge in [0.15, 0.2) is 5.76 Å². The summed E-state index contributed by atoms with van der Waals surface area (Å²) in [6.07, 6.45) is 11.1. The molecule has 0 aliphatic heterocycles. The number of aromatic nitrogens is 1. The zero-order valence-electron chi connectivity index (χ0n) is 14.9. The smallest absolute Gasteiger partial charge is 0.315 e. The summed E-state index contributed by atoms with van der Waals surface area (Å²) in [5.74, 6) is 3.23. The Morgan fingerprint density at radius 2 is 1.88 bits per heavy atom. The van der Waals surface area contributed by atoms with Gasteiger partial charge in [-0.3, -0.25) is 4.98 Å². The highest BCUT2D eigenvalue weighted by Crippen LogP contribution is 2.55. The van der Waals surface area contributed by atoms with Gasteiger partial charge in [0.1, 0.15) is 5.69 Å². The maximum Gasteiger partial charge on any atom is 0.315 e. The number of nitrogens with zero attached hydrogens (tertiary/aromatic N) is 1. The summed E-state index contributed by atoms with van der Waals surface area (Å²) in [7, 11) is 0.